The van der Waals surface area contributed by atoms with Crippen LogP contribution in [0.1, 0.15) is 17.2 Å². The van der Waals surface area contributed by atoms with Gasteiger partial charge in [0.25, 0.3) is 0 Å². The molecule has 1 aromatic heterocycles. The van der Waals surface area contributed by atoms with E-state index in [0.717, 1.165) is 11.1 Å². The van der Waals surface area contributed by atoms with E-state index < -0.39 is 6.10 Å². The Balaban J connectivity index is 1.75. The van der Waals surface area contributed by atoms with Crippen LogP contribution in [-0.2, 0) is 0 Å². The van der Waals surface area contributed by atoms with Crippen molar-refractivity contribution in [3.05, 3.63) is 136 Å². The molecule has 0 radical (unpaired) electrons. The normalized spacial score (nSPS) is 11.1. The molecule has 0 N–H and O–H groups in total. The molecular formula is C28H19ClO3. The molecule has 3 nitrogen and oxygen atoms in total. The largest absolute Gasteiger partial charge is 0.473 e. The first-order valence-electron chi connectivity index (χ1n) is 10.3. The number of para-hydroxylation sites is 1. The van der Waals surface area contributed by atoms with Gasteiger partial charge in [-0.25, -0.2) is 0 Å². The summed E-state index contributed by atoms with van der Waals surface area (Å²) in [5.74, 6) is 0.450. The lowest BCUT2D eigenvalue weighted by Crippen LogP contribution is -2.16. The molecule has 0 spiro atoms. The number of halogens is 1. The SMILES string of the molecule is O=c1c(OC(c2ccccc2)c2ccccc2)c(-c2ccccc2Cl)oc2ccccc12. The number of fused-ring (bicyclic) bond motifs is 1. The van der Waals surface area contributed by atoms with Crippen LogP contribution in [0.15, 0.2) is 118 Å². The van der Waals surface area contributed by atoms with E-state index in [-0.39, 0.29) is 11.2 Å². The smallest absolute Gasteiger partial charge is 0.235 e. The van der Waals surface area contributed by atoms with Crippen molar-refractivity contribution in [3.63, 3.8) is 0 Å². The predicted octanol–water partition coefficient (Wildman–Crippen LogP) is 7.28. The average Bonchev–Trinajstić information content (AvgIpc) is 2.85. The summed E-state index contributed by atoms with van der Waals surface area (Å²) >= 11 is 6.49. The van der Waals surface area contributed by atoms with Gasteiger partial charge in [0.15, 0.2) is 5.76 Å². The van der Waals surface area contributed by atoms with Crippen molar-refractivity contribution in [1.29, 1.82) is 0 Å². The van der Waals surface area contributed by atoms with Crippen molar-refractivity contribution in [2.45, 2.75) is 6.10 Å². The lowest BCUT2D eigenvalue weighted by atomic mass is 10.0. The highest BCUT2D eigenvalue weighted by Crippen LogP contribution is 2.38. The van der Waals surface area contributed by atoms with E-state index in [2.05, 4.69) is 0 Å². The second-order valence-electron chi connectivity index (χ2n) is 7.38. The number of rotatable bonds is 5. The minimum absolute atomic E-state index is 0.134. The Bertz CT molecular complexity index is 1390. The molecule has 0 atom stereocenters. The quantitative estimate of drug-likeness (QED) is 0.289. The van der Waals surface area contributed by atoms with Crippen LogP contribution in [0.3, 0.4) is 0 Å². The van der Waals surface area contributed by atoms with Gasteiger partial charge in [0.1, 0.15) is 11.7 Å². The third-order valence-corrected chi connectivity index (χ3v) is 5.64. The van der Waals surface area contributed by atoms with Crippen molar-refractivity contribution in [3.8, 4) is 17.1 Å². The van der Waals surface area contributed by atoms with Gasteiger partial charge in [0.2, 0.25) is 11.2 Å². The van der Waals surface area contributed by atoms with E-state index in [1.807, 2.05) is 91.0 Å². The molecular weight excluding hydrogens is 420 g/mol. The van der Waals surface area contributed by atoms with Gasteiger partial charge in [0.05, 0.1) is 10.4 Å². The fourth-order valence-electron chi connectivity index (χ4n) is 3.76. The Morgan fingerprint density at radius 2 is 1.25 bits per heavy atom. The minimum atomic E-state index is -0.498. The van der Waals surface area contributed by atoms with E-state index in [9.17, 15) is 4.79 Å². The Kier molecular flexibility index (Phi) is 5.49. The molecule has 156 valence electrons. The Hall–Kier alpha value is -3.82. The Morgan fingerprint density at radius 1 is 0.688 bits per heavy atom. The molecule has 1 heterocycles. The summed E-state index contributed by atoms with van der Waals surface area (Å²) in [6.45, 7) is 0. The highest BCUT2D eigenvalue weighted by Gasteiger charge is 2.24. The van der Waals surface area contributed by atoms with Gasteiger partial charge in [-0.15, -0.1) is 0 Å². The highest BCUT2D eigenvalue weighted by atomic mass is 35.5. The zero-order valence-electron chi connectivity index (χ0n) is 17.1. The molecule has 5 rings (SSSR count). The van der Waals surface area contributed by atoms with Crippen LogP contribution in [0.2, 0.25) is 5.02 Å². The molecule has 0 aliphatic heterocycles. The second-order valence-corrected chi connectivity index (χ2v) is 7.79. The first-order chi connectivity index (χ1) is 15.7. The summed E-state index contributed by atoms with van der Waals surface area (Å²) in [5.41, 5.74) is 2.70. The van der Waals surface area contributed by atoms with Crippen LogP contribution in [0.4, 0.5) is 0 Å². The van der Waals surface area contributed by atoms with Gasteiger partial charge >= 0.3 is 0 Å². The summed E-state index contributed by atoms with van der Waals surface area (Å²) in [5, 5.41) is 0.935. The standard InChI is InChI=1S/C28H19ClO3/c29-23-17-9-7-15-21(23)27-28(25(30)22-16-8-10-18-24(22)31-27)32-26(19-11-3-1-4-12-19)20-13-5-2-6-14-20/h1-18,26H. The number of hydrogen-bond donors (Lipinski definition) is 0. The maximum atomic E-state index is 13.6. The van der Waals surface area contributed by atoms with Gasteiger partial charge < -0.3 is 9.15 Å². The van der Waals surface area contributed by atoms with Crippen LogP contribution in [-0.4, -0.2) is 0 Å². The van der Waals surface area contributed by atoms with E-state index in [1.165, 1.54) is 0 Å². The van der Waals surface area contributed by atoms with Crippen LogP contribution in [0.5, 0.6) is 5.75 Å². The van der Waals surface area contributed by atoms with Crippen molar-refractivity contribution < 1.29 is 9.15 Å². The van der Waals surface area contributed by atoms with Gasteiger partial charge in [-0.05, 0) is 35.4 Å². The van der Waals surface area contributed by atoms with Gasteiger partial charge in [-0.2, -0.15) is 0 Å². The van der Waals surface area contributed by atoms with Gasteiger partial charge in [-0.1, -0.05) is 96.5 Å². The molecule has 0 aliphatic carbocycles. The maximum absolute atomic E-state index is 13.6. The topological polar surface area (TPSA) is 39.4 Å². The molecule has 32 heavy (non-hydrogen) atoms. The van der Waals surface area contributed by atoms with Crippen molar-refractivity contribution in [2.75, 3.05) is 0 Å². The van der Waals surface area contributed by atoms with Gasteiger partial charge in [0, 0.05) is 5.56 Å². The van der Waals surface area contributed by atoms with Crippen LogP contribution >= 0.6 is 11.6 Å². The van der Waals surface area contributed by atoms with E-state index in [1.54, 1.807) is 18.2 Å². The lowest BCUT2D eigenvalue weighted by Gasteiger charge is -2.21. The summed E-state index contributed by atoms with van der Waals surface area (Å²) in [4.78, 5) is 13.6. The lowest BCUT2D eigenvalue weighted by molar-refractivity contribution is 0.241. The fraction of sp³-hybridized carbons (Fsp3) is 0.0357. The number of benzene rings is 4. The first-order valence-corrected chi connectivity index (χ1v) is 10.7. The van der Waals surface area contributed by atoms with E-state index in [4.69, 9.17) is 20.8 Å². The molecule has 4 aromatic carbocycles. The molecule has 0 fully saturated rings. The molecule has 4 heteroatoms. The summed E-state index contributed by atoms with van der Waals surface area (Å²) < 4.78 is 12.7. The van der Waals surface area contributed by atoms with E-state index >= 15 is 0 Å². The van der Waals surface area contributed by atoms with Crippen LogP contribution < -0.4 is 10.2 Å². The van der Waals surface area contributed by atoms with Crippen LogP contribution in [0, 0.1) is 0 Å². The summed E-state index contributed by atoms with van der Waals surface area (Å²) in [6.07, 6.45) is -0.498. The maximum Gasteiger partial charge on any atom is 0.235 e. The van der Waals surface area contributed by atoms with Crippen molar-refractivity contribution in [2.24, 2.45) is 0 Å². The zero-order valence-corrected chi connectivity index (χ0v) is 17.8. The molecule has 5 aromatic rings. The molecule has 0 bridgehead atoms. The zero-order chi connectivity index (χ0) is 21.9. The molecule has 0 saturated heterocycles. The average molecular weight is 439 g/mol. The van der Waals surface area contributed by atoms with Crippen molar-refractivity contribution in [1.82, 2.24) is 0 Å². The van der Waals surface area contributed by atoms with E-state index in [0.29, 0.717) is 27.3 Å². The molecule has 0 amide bonds. The summed E-state index contributed by atoms with van der Waals surface area (Å²) in [7, 11) is 0. The fourth-order valence-corrected chi connectivity index (χ4v) is 3.98. The highest BCUT2D eigenvalue weighted by molar-refractivity contribution is 6.33. The number of hydrogen-bond acceptors (Lipinski definition) is 3. The molecule has 0 saturated carbocycles. The van der Waals surface area contributed by atoms with Gasteiger partial charge in [-0.3, -0.25) is 4.79 Å². The Labute approximate surface area is 190 Å². The second kappa shape index (κ2) is 8.74. The molecule has 0 aliphatic rings. The minimum Gasteiger partial charge on any atom is -0.473 e. The third kappa shape index (κ3) is 3.79. The third-order valence-electron chi connectivity index (χ3n) is 5.31. The summed E-state index contributed by atoms with van der Waals surface area (Å²) in [6, 6.07) is 34.1. The van der Waals surface area contributed by atoms with Crippen molar-refractivity contribution >= 4 is 22.6 Å². The molecule has 0 unspecified atom stereocenters. The number of ether oxygens (including phenoxy) is 1. The monoisotopic (exact) mass is 438 g/mol. The Morgan fingerprint density at radius 3 is 1.91 bits per heavy atom. The first kappa shape index (κ1) is 20.1. The van der Waals surface area contributed by atoms with Crippen LogP contribution in [0.25, 0.3) is 22.3 Å². The predicted molar refractivity (Wildman–Crippen MR) is 128 cm³/mol.